The summed E-state index contributed by atoms with van der Waals surface area (Å²) >= 11 is 0. The number of nitrogens with zero attached hydrogens (tertiary/aromatic N) is 1. The zero-order valence-electron chi connectivity index (χ0n) is 12.1. The fourth-order valence-corrected chi connectivity index (χ4v) is 1.44. The second-order valence-corrected chi connectivity index (χ2v) is 4.93. The average molecular weight is 265 g/mol. The lowest BCUT2D eigenvalue weighted by Crippen LogP contribution is -2.32. The molecule has 0 saturated heterocycles. The lowest BCUT2D eigenvalue weighted by molar-refractivity contribution is -0.117. The van der Waals surface area contributed by atoms with Crippen LogP contribution in [0.25, 0.3) is 0 Å². The van der Waals surface area contributed by atoms with E-state index < -0.39 is 6.04 Å². The van der Waals surface area contributed by atoms with Gasteiger partial charge < -0.3 is 20.7 Å². The molecule has 3 N–H and O–H groups in total. The summed E-state index contributed by atoms with van der Waals surface area (Å²) in [5.74, 6) is 0.456. The Balaban J connectivity index is 2.76. The Morgan fingerprint density at radius 1 is 1.47 bits per heavy atom. The monoisotopic (exact) mass is 265 g/mol. The number of hydrogen-bond donors (Lipinski definition) is 2. The highest BCUT2D eigenvalue weighted by Crippen LogP contribution is 2.25. The maximum atomic E-state index is 11.6. The number of benzene rings is 1. The fraction of sp³-hybridized carbons (Fsp3) is 0.500. The molecule has 1 amide bonds. The van der Waals surface area contributed by atoms with E-state index in [0.717, 1.165) is 12.1 Å². The molecule has 1 aromatic rings. The second kappa shape index (κ2) is 7.11. The minimum Gasteiger partial charge on any atom is -0.490 e. The number of likely N-dealkylation sites (N-methyl/N-ethyl adjacent to an activating group) is 1. The van der Waals surface area contributed by atoms with E-state index in [1.807, 2.05) is 44.1 Å². The number of carbonyl (C=O) groups is 1. The molecule has 1 atom stereocenters. The van der Waals surface area contributed by atoms with E-state index in [1.54, 1.807) is 6.92 Å². The molecule has 1 unspecified atom stereocenters. The van der Waals surface area contributed by atoms with E-state index in [-0.39, 0.29) is 5.91 Å². The van der Waals surface area contributed by atoms with Crippen LogP contribution in [-0.2, 0) is 4.79 Å². The van der Waals surface area contributed by atoms with E-state index in [0.29, 0.717) is 18.0 Å². The Hall–Kier alpha value is -1.59. The van der Waals surface area contributed by atoms with Gasteiger partial charge in [0.05, 0.1) is 11.7 Å². The van der Waals surface area contributed by atoms with Gasteiger partial charge in [0.1, 0.15) is 12.4 Å². The smallest absolute Gasteiger partial charge is 0.241 e. The first kappa shape index (κ1) is 15.5. The van der Waals surface area contributed by atoms with Crippen molar-refractivity contribution in [2.75, 3.05) is 32.6 Å². The highest BCUT2D eigenvalue weighted by molar-refractivity contribution is 5.95. The van der Waals surface area contributed by atoms with Crippen LogP contribution in [0.15, 0.2) is 18.2 Å². The summed E-state index contributed by atoms with van der Waals surface area (Å²) in [5, 5.41) is 2.77. The van der Waals surface area contributed by atoms with Crippen molar-refractivity contribution < 1.29 is 9.53 Å². The third-order valence-electron chi connectivity index (χ3n) is 2.60. The summed E-state index contributed by atoms with van der Waals surface area (Å²) in [4.78, 5) is 13.7. The van der Waals surface area contributed by atoms with Gasteiger partial charge in [-0.25, -0.2) is 0 Å². The summed E-state index contributed by atoms with van der Waals surface area (Å²) in [6.07, 6.45) is 0. The Morgan fingerprint density at radius 2 is 2.16 bits per heavy atom. The Bertz CT molecular complexity index is 431. The minimum absolute atomic E-state index is 0.221. The van der Waals surface area contributed by atoms with Crippen molar-refractivity contribution in [3.63, 3.8) is 0 Å². The van der Waals surface area contributed by atoms with E-state index in [4.69, 9.17) is 10.5 Å². The van der Waals surface area contributed by atoms with Crippen LogP contribution in [0.5, 0.6) is 5.75 Å². The Labute approximate surface area is 114 Å². The summed E-state index contributed by atoms with van der Waals surface area (Å²) in [6.45, 7) is 5.01. The summed E-state index contributed by atoms with van der Waals surface area (Å²) in [6, 6.07) is 5.12. The van der Waals surface area contributed by atoms with Crippen molar-refractivity contribution in [2.24, 2.45) is 5.73 Å². The van der Waals surface area contributed by atoms with E-state index >= 15 is 0 Å². The lowest BCUT2D eigenvalue weighted by atomic mass is 10.2. The van der Waals surface area contributed by atoms with Crippen LogP contribution in [0.2, 0.25) is 0 Å². The SMILES string of the molecule is Cc1ccc(NC(=O)C(C)N)c(OCCN(C)C)c1. The number of ether oxygens (including phenoxy) is 1. The first-order chi connectivity index (χ1) is 8.90. The highest BCUT2D eigenvalue weighted by Gasteiger charge is 2.11. The van der Waals surface area contributed by atoms with Gasteiger partial charge in [0.15, 0.2) is 0 Å². The molecular weight excluding hydrogens is 242 g/mol. The summed E-state index contributed by atoms with van der Waals surface area (Å²) in [5.41, 5.74) is 7.29. The third kappa shape index (κ3) is 5.28. The van der Waals surface area contributed by atoms with Gasteiger partial charge in [-0.05, 0) is 45.6 Å². The van der Waals surface area contributed by atoms with Crippen LogP contribution in [0, 0.1) is 6.92 Å². The Morgan fingerprint density at radius 3 is 2.74 bits per heavy atom. The highest BCUT2D eigenvalue weighted by atomic mass is 16.5. The van der Waals surface area contributed by atoms with Gasteiger partial charge in [-0.3, -0.25) is 4.79 Å². The molecular formula is C14H23N3O2. The molecule has 0 aliphatic carbocycles. The quantitative estimate of drug-likeness (QED) is 0.811. The Kier molecular flexibility index (Phi) is 5.79. The molecule has 0 heterocycles. The van der Waals surface area contributed by atoms with Crippen LogP contribution < -0.4 is 15.8 Å². The first-order valence-electron chi connectivity index (χ1n) is 6.34. The maximum Gasteiger partial charge on any atom is 0.241 e. The number of amides is 1. The number of anilines is 1. The molecule has 0 fully saturated rings. The molecule has 1 rings (SSSR count). The topological polar surface area (TPSA) is 67.6 Å². The number of aryl methyl sites for hydroxylation is 1. The van der Waals surface area contributed by atoms with Crippen molar-refractivity contribution in [3.05, 3.63) is 23.8 Å². The van der Waals surface area contributed by atoms with Crippen LogP contribution in [-0.4, -0.2) is 44.1 Å². The van der Waals surface area contributed by atoms with Gasteiger partial charge in [-0.15, -0.1) is 0 Å². The maximum absolute atomic E-state index is 11.6. The van der Waals surface area contributed by atoms with E-state index in [1.165, 1.54) is 0 Å². The predicted molar refractivity (Wildman–Crippen MR) is 77.5 cm³/mol. The van der Waals surface area contributed by atoms with E-state index in [9.17, 15) is 4.79 Å². The number of rotatable bonds is 6. The van der Waals surface area contributed by atoms with Gasteiger partial charge in [-0.1, -0.05) is 6.07 Å². The van der Waals surface area contributed by atoms with E-state index in [2.05, 4.69) is 5.32 Å². The normalized spacial score (nSPS) is 12.3. The molecule has 106 valence electrons. The largest absolute Gasteiger partial charge is 0.490 e. The standard InChI is InChI=1S/C14H23N3O2/c1-10-5-6-12(16-14(18)11(2)15)13(9-10)19-8-7-17(3)4/h5-6,9,11H,7-8,15H2,1-4H3,(H,16,18). The summed E-state index contributed by atoms with van der Waals surface area (Å²) in [7, 11) is 3.97. The second-order valence-electron chi connectivity index (χ2n) is 4.93. The molecule has 0 radical (unpaired) electrons. The van der Waals surface area contributed by atoms with Crippen LogP contribution in [0.4, 0.5) is 5.69 Å². The van der Waals surface area contributed by atoms with Crippen LogP contribution in [0.1, 0.15) is 12.5 Å². The summed E-state index contributed by atoms with van der Waals surface area (Å²) < 4.78 is 5.71. The molecule has 0 spiro atoms. The molecule has 0 aliphatic rings. The van der Waals surface area contributed by atoms with Gasteiger partial charge in [0, 0.05) is 6.54 Å². The number of hydrogen-bond acceptors (Lipinski definition) is 4. The average Bonchev–Trinajstić information content (AvgIpc) is 2.31. The van der Waals surface area contributed by atoms with Crippen LogP contribution in [0.3, 0.4) is 0 Å². The van der Waals surface area contributed by atoms with Crippen molar-refractivity contribution in [1.82, 2.24) is 4.90 Å². The molecule has 19 heavy (non-hydrogen) atoms. The predicted octanol–water partition coefficient (Wildman–Crippen LogP) is 1.22. The third-order valence-corrected chi connectivity index (χ3v) is 2.60. The molecule has 0 aliphatic heterocycles. The molecule has 5 nitrogen and oxygen atoms in total. The fourth-order valence-electron chi connectivity index (χ4n) is 1.44. The molecule has 1 aromatic carbocycles. The number of carbonyl (C=O) groups excluding carboxylic acids is 1. The molecule has 5 heteroatoms. The van der Waals surface area contributed by atoms with Gasteiger partial charge >= 0.3 is 0 Å². The van der Waals surface area contributed by atoms with Crippen molar-refractivity contribution in [2.45, 2.75) is 19.9 Å². The lowest BCUT2D eigenvalue weighted by Gasteiger charge is -2.16. The van der Waals surface area contributed by atoms with Gasteiger partial charge in [0.25, 0.3) is 0 Å². The first-order valence-corrected chi connectivity index (χ1v) is 6.34. The van der Waals surface area contributed by atoms with Crippen LogP contribution >= 0.6 is 0 Å². The minimum atomic E-state index is -0.545. The number of nitrogens with two attached hydrogens (primary N) is 1. The number of nitrogens with one attached hydrogen (secondary N) is 1. The zero-order valence-corrected chi connectivity index (χ0v) is 12.1. The zero-order chi connectivity index (χ0) is 14.4. The van der Waals surface area contributed by atoms with Crippen molar-refractivity contribution >= 4 is 11.6 Å². The van der Waals surface area contributed by atoms with Gasteiger partial charge in [-0.2, -0.15) is 0 Å². The van der Waals surface area contributed by atoms with Gasteiger partial charge in [0.2, 0.25) is 5.91 Å². The molecule has 0 saturated carbocycles. The molecule has 0 bridgehead atoms. The molecule has 0 aromatic heterocycles. The van der Waals surface area contributed by atoms with Crippen molar-refractivity contribution in [1.29, 1.82) is 0 Å². The van der Waals surface area contributed by atoms with Crippen molar-refractivity contribution in [3.8, 4) is 5.75 Å².